The summed E-state index contributed by atoms with van der Waals surface area (Å²) in [6.45, 7) is 5.50. The first-order chi connectivity index (χ1) is 21.8. The molecule has 0 bridgehead atoms. The molecule has 0 saturated carbocycles. The lowest BCUT2D eigenvalue weighted by molar-refractivity contribution is -0.124. The molecule has 10 nitrogen and oxygen atoms in total. The van der Waals surface area contributed by atoms with Crippen LogP contribution in [0.3, 0.4) is 0 Å². The number of aromatic nitrogens is 1. The van der Waals surface area contributed by atoms with Gasteiger partial charge in [0.05, 0.1) is 34.1 Å². The number of pyridine rings is 1. The summed E-state index contributed by atoms with van der Waals surface area (Å²) in [4.78, 5) is 58.1. The summed E-state index contributed by atoms with van der Waals surface area (Å²) in [6, 6.07) is 9.30. The second kappa shape index (κ2) is 14.9. The minimum absolute atomic E-state index is 0.0230. The first-order valence-electron chi connectivity index (χ1n) is 15.0. The Morgan fingerprint density at radius 1 is 0.935 bits per heavy atom. The van der Waals surface area contributed by atoms with Crippen molar-refractivity contribution in [1.82, 2.24) is 21.2 Å². The highest BCUT2D eigenvalue weighted by atomic mass is 19.2. The van der Waals surface area contributed by atoms with Gasteiger partial charge in [0.1, 0.15) is 5.82 Å². The van der Waals surface area contributed by atoms with Crippen LogP contribution >= 0.6 is 0 Å². The molecule has 2 aromatic carbocycles. The lowest BCUT2D eigenvalue weighted by Crippen LogP contribution is -2.42. The van der Waals surface area contributed by atoms with E-state index < -0.39 is 35.3 Å². The number of carbonyl (C=O) groups excluding carboxylic acids is 4. The van der Waals surface area contributed by atoms with Crippen LogP contribution in [-0.4, -0.2) is 41.7 Å². The van der Waals surface area contributed by atoms with Crippen molar-refractivity contribution in [2.45, 2.75) is 53.0 Å². The normalized spacial score (nSPS) is 14.3. The molecular weight excluding hydrogens is 601 g/mol. The third-order valence-corrected chi connectivity index (χ3v) is 7.64. The van der Waals surface area contributed by atoms with Gasteiger partial charge in [0.15, 0.2) is 11.6 Å². The molecule has 5 N–H and O–H groups in total. The molecule has 1 atom stereocenters. The molecule has 4 amide bonds. The number of aryl methyl sites for hydroxylation is 2. The van der Waals surface area contributed by atoms with Gasteiger partial charge in [-0.15, -0.1) is 0 Å². The molecule has 0 radical (unpaired) electrons. The Morgan fingerprint density at radius 3 is 2.26 bits per heavy atom. The molecule has 244 valence electrons. The Morgan fingerprint density at radius 2 is 1.63 bits per heavy atom. The number of primary amides is 1. The number of benzene rings is 2. The van der Waals surface area contributed by atoms with Gasteiger partial charge in [0.25, 0.3) is 11.8 Å². The van der Waals surface area contributed by atoms with Gasteiger partial charge in [-0.3, -0.25) is 35.0 Å². The molecule has 13 heteroatoms. The number of nitrogens with two attached hydrogens (primary N) is 1. The van der Waals surface area contributed by atoms with E-state index in [0.717, 1.165) is 17.7 Å². The highest BCUT2D eigenvalue weighted by Gasteiger charge is 2.36. The Hall–Kier alpha value is -4.94. The lowest BCUT2D eigenvalue weighted by atomic mass is 9.94. The second-order valence-electron chi connectivity index (χ2n) is 11.7. The van der Waals surface area contributed by atoms with Crippen LogP contribution in [0.2, 0.25) is 0 Å². The maximum absolute atomic E-state index is 13.7. The van der Waals surface area contributed by atoms with Gasteiger partial charge < -0.3 is 16.0 Å². The number of carbonyl (C=O) groups is 4. The summed E-state index contributed by atoms with van der Waals surface area (Å²) in [6.07, 6.45) is 1.35. The van der Waals surface area contributed by atoms with E-state index in [2.05, 4.69) is 16.2 Å². The molecule has 1 aromatic heterocycles. The highest BCUT2D eigenvalue weighted by molar-refractivity contribution is 6.09. The van der Waals surface area contributed by atoms with Crippen molar-refractivity contribution in [3.8, 4) is 0 Å². The smallest absolute Gasteiger partial charge is 0.273 e. The van der Waals surface area contributed by atoms with Crippen molar-refractivity contribution in [1.29, 1.82) is 0 Å². The summed E-state index contributed by atoms with van der Waals surface area (Å²) in [5.41, 5.74) is 12.8. The van der Waals surface area contributed by atoms with Gasteiger partial charge >= 0.3 is 0 Å². The van der Waals surface area contributed by atoms with Crippen LogP contribution in [0.1, 0.15) is 70.4 Å². The van der Waals surface area contributed by atoms with Crippen LogP contribution in [0.4, 0.5) is 18.9 Å². The largest absolute Gasteiger partial charge is 0.369 e. The number of rotatable bonds is 11. The van der Waals surface area contributed by atoms with Crippen molar-refractivity contribution in [2.75, 3.05) is 18.0 Å². The Kier molecular flexibility index (Phi) is 11.0. The number of hydrogen-bond acceptors (Lipinski definition) is 6. The van der Waals surface area contributed by atoms with Crippen molar-refractivity contribution in [2.24, 2.45) is 17.6 Å². The van der Waals surface area contributed by atoms with E-state index in [1.807, 2.05) is 13.8 Å². The molecule has 0 aliphatic carbocycles. The lowest BCUT2D eigenvalue weighted by Gasteiger charge is -2.27. The van der Waals surface area contributed by atoms with Gasteiger partial charge in [0.2, 0.25) is 11.8 Å². The van der Waals surface area contributed by atoms with E-state index in [-0.39, 0.29) is 60.5 Å². The molecule has 1 fully saturated rings. The van der Waals surface area contributed by atoms with E-state index in [0.29, 0.717) is 36.2 Å². The number of anilines is 1. The topological polar surface area (TPSA) is 147 Å². The molecule has 2 heterocycles. The van der Waals surface area contributed by atoms with Crippen molar-refractivity contribution in [3.05, 3.63) is 93.6 Å². The fraction of sp³-hybridized carbons (Fsp3) is 0.364. The fourth-order valence-corrected chi connectivity index (χ4v) is 5.48. The van der Waals surface area contributed by atoms with Crippen LogP contribution in [0.25, 0.3) is 0 Å². The zero-order chi connectivity index (χ0) is 33.5. The van der Waals surface area contributed by atoms with Crippen molar-refractivity contribution < 1.29 is 32.3 Å². The third-order valence-electron chi connectivity index (χ3n) is 7.64. The van der Waals surface area contributed by atoms with Gasteiger partial charge in [0, 0.05) is 26.6 Å². The second-order valence-corrected chi connectivity index (χ2v) is 11.7. The molecule has 1 aliphatic heterocycles. The first-order valence-corrected chi connectivity index (χ1v) is 15.0. The molecule has 1 unspecified atom stereocenters. The predicted molar refractivity (Wildman–Crippen MR) is 165 cm³/mol. The van der Waals surface area contributed by atoms with Crippen LogP contribution in [0.5, 0.6) is 0 Å². The van der Waals surface area contributed by atoms with Crippen LogP contribution in [-0.2, 0) is 35.4 Å². The zero-order valence-electron chi connectivity index (χ0n) is 25.9. The fourth-order valence-electron chi connectivity index (χ4n) is 5.48. The number of hydrogen-bond donors (Lipinski definition) is 4. The van der Waals surface area contributed by atoms with Gasteiger partial charge in [-0.25, -0.2) is 13.2 Å². The van der Waals surface area contributed by atoms with E-state index in [4.69, 9.17) is 10.7 Å². The van der Waals surface area contributed by atoms with Gasteiger partial charge in [-0.2, -0.15) is 0 Å². The van der Waals surface area contributed by atoms with E-state index in [1.54, 1.807) is 17.0 Å². The highest BCUT2D eigenvalue weighted by Crippen LogP contribution is 2.35. The first kappa shape index (κ1) is 33.9. The number of amides is 4. The van der Waals surface area contributed by atoms with Crippen molar-refractivity contribution in [3.63, 3.8) is 0 Å². The van der Waals surface area contributed by atoms with E-state index >= 15 is 0 Å². The van der Waals surface area contributed by atoms with Gasteiger partial charge in [-0.1, -0.05) is 32.0 Å². The van der Waals surface area contributed by atoms with Crippen LogP contribution in [0.15, 0.2) is 42.5 Å². The predicted octanol–water partition coefficient (Wildman–Crippen LogP) is 3.51. The summed E-state index contributed by atoms with van der Waals surface area (Å²) < 4.78 is 40.5. The van der Waals surface area contributed by atoms with E-state index in [1.165, 1.54) is 25.1 Å². The zero-order valence-corrected chi connectivity index (χ0v) is 25.9. The SMILES string of the molecule is CC(=O)NNC(=O)c1c(CCc2ccc(F)cc2)nc(CC(C)C)c(C(N)=O)c1N1CCC(C(=O)NCc2ccc(F)c(F)c2)C1. The number of nitrogens with zero attached hydrogens (tertiary/aromatic N) is 2. The maximum atomic E-state index is 13.7. The average Bonchev–Trinajstić information content (AvgIpc) is 3.49. The monoisotopic (exact) mass is 638 g/mol. The van der Waals surface area contributed by atoms with Crippen LogP contribution in [0, 0.1) is 29.3 Å². The molecule has 1 saturated heterocycles. The third kappa shape index (κ3) is 8.40. The van der Waals surface area contributed by atoms with Crippen molar-refractivity contribution >= 4 is 29.3 Å². The number of halogens is 3. The maximum Gasteiger partial charge on any atom is 0.273 e. The molecule has 4 rings (SSSR count). The standard InChI is InChI=1S/C33H37F3N6O4/c1-18(2)14-27-28(31(37)44)30(42-13-12-22(17-42)32(45)38-16-21-6-10-24(35)25(36)15-21)29(33(46)41-40-19(3)43)26(39-27)11-7-20-4-8-23(34)9-5-20/h4-6,8-10,15,18,22H,7,11-14,16-17H2,1-3H3,(H2,37,44)(H,38,45)(H,40,43)(H,41,46). The molecule has 1 aliphatic rings. The minimum atomic E-state index is -1.02. The summed E-state index contributed by atoms with van der Waals surface area (Å²) in [5, 5.41) is 2.75. The minimum Gasteiger partial charge on any atom is -0.369 e. The average molecular weight is 639 g/mol. The summed E-state index contributed by atoms with van der Waals surface area (Å²) in [7, 11) is 0. The number of hydrazine groups is 1. The molecule has 46 heavy (non-hydrogen) atoms. The molecular formula is C33H37F3N6O4. The Bertz CT molecular complexity index is 1630. The Balaban J connectivity index is 1.72. The molecule has 3 aromatic rings. The van der Waals surface area contributed by atoms with Crippen LogP contribution < -0.4 is 26.8 Å². The Labute approximate surface area is 264 Å². The number of nitrogens with one attached hydrogen (secondary N) is 3. The summed E-state index contributed by atoms with van der Waals surface area (Å²) >= 11 is 0. The van der Waals surface area contributed by atoms with Gasteiger partial charge in [-0.05, 0) is 67.0 Å². The molecule has 0 spiro atoms. The summed E-state index contributed by atoms with van der Waals surface area (Å²) in [5.74, 6) is -5.30. The van der Waals surface area contributed by atoms with E-state index in [9.17, 15) is 32.3 Å². The quantitative estimate of drug-likeness (QED) is 0.237.